The molecule has 0 saturated carbocycles. The summed E-state index contributed by atoms with van der Waals surface area (Å²) in [6, 6.07) is -1.69. The second-order valence-corrected chi connectivity index (χ2v) is 7.19. The van der Waals surface area contributed by atoms with Crippen LogP contribution in [0.1, 0.15) is 53.9 Å². The van der Waals surface area contributed by atoms with Gasteiger partial charge in [-0.25, -0.2) is 4.79 Å². The van der Waals surface area contributed by atoms with E-state index in [1.807, 2.05) is 0 Å². The fraction of sp³-hybridized carbons (Fsp3) is 0.824. The molecule has 0 aliphatic carbocycles. The lowest BCUT2D eigenvalue weighted by atomic mass is 10.1. The average molecular weight is 375 g/mol. The van der Waals surface area contributed by atoms with E-state index in [9.17, 15) is 14.4 Å². The Hall–Kier alpha value is -1.87. The van der Waals surface area contributed by atoms with Gasteiger partial charge in [0, 0.05) is 12.5 Å². The molecule has 26 heavy (non-hydrogen) atoms. The fourth-order valence-corrected chi connectivity index (χ4v) is 1.83. The number of amides is 1. The molecule has 0 saturated heterocycles. The molecule has 0 fully saturated rings. The Labute approximate surface area is 155 Å². The van der Waals surface area contributed by atoms with Gasteiger partial charge in [0.1, 0.15) is 17.7 Å². The molecular weight excluding hydrogens is 342 g/mol. The van der Waals surface area contributed by atoms with Crippen molar-refractivity contribution in [1.82, 2.24) is 5.32 Å². The molecule has 5 N–H and O–H groups in total. The first-order chi connectivity index (χ1) is 11.9. The quantitative estimate of drug-likeness (QED) is 0.289. The summed E-state index contributed by atoms with van der Waals surface area (Å²) in [5.74, 6) is -0.987. The first-order valence-corrected chi connectivity index (χ1v) is 8.76. The molecule has 0 spiro atoms. The molecule has 3 atom stereocenters. The molecule has 0 aliphatic heterocycles. The van der Waals surface area contributed by atoms with E-state index in [0.29, 0.717) is 19.3 Å². The van der Waals surface area contributed by atoms with E-state index < -0.39 is 35.7 Å². The van der Waals surface area contributed by atoms with E-state index >= 15 is 0 Å². The van der Waals surface area contributed by atoms with Crippen LogP contribution in [-0.2, 0) is 23.8 Å². The number of rotatable bonds is 10. The van der Waals surface area contributed by atoms with E-state index in [4.69, 9.17) is 25.7 Å². The zero-order valence-corrected chi connectivity index (χ0v) is 16.4. The summed E-state index contributed by atoms with van der Waals surface area (Å²) in [4.78, 5) is 34.7. The molecule has 0 aromatic rings. The third-order valence-corrected chi connectivity index (χ3v) is 3.12. The number of hydrogen-bond acceptors (Lipinski definition) is 8. The predicted molar refractivity (Wildman–Crippen MR) is 96.2 cm³/mol. The largest absolute Gasteiger partial charge is 0.465 e. The van der Waals surface area contributed by atoms with Crippen LogP contribution < -0.4 is 16.8 Å². The van der Waals surface area contributed by atoms with Gasteiger partial charge in [0.25, 0.3) is 0 Å². The predicted octanol–water partition coefficient (Wildman–Crippen LogP) is 0.831. The van der Waals surface area contributed by atoms with Crippen LogP contribution in [0.4, 0.5) is 4.79 Å². The van der Waals surface area contributed by atoms with Crippen LogP contribution in [0.3, 0.4) is 0 Å². The molecule has 9 nitrogen and oxygen atoms in total. The van der Waals surface area contributed by atoms with Crippen LogP contribution in [0.5, 0.6) is 0 Å². The van der Waals surface area contributed by atoms with Crippen LogP contribution in [-0.4, -0.2) is 55.0 Å². The summed E-state index contributed by atoms with van der Waals surface area (Å²) >= 11 is 0. The standard InChI is InChI=1S/C17H33N3O6/c1-11(18)14(21)24-9-6-7-13(8-10-25-15(22)12(2)19)20-16(23)26-17(3,4)5/h11-13H,6-10,18-19H2,1-5H3,(H,20,23)/t11-,12-,13?/m0/s1. The SMILES string of the molecule is C[C@H](N)C(=O)OCCCC(CCOC(=O)[C@H](C)N)NC(=O)OC(C)(C)C. The number of carbonyl (C=O) groups excluding carboxylic acids is 3. The summed E-state index contributed by atoms with van der Waals surface area (Å²) < 4.78 is 15.3. The van der Waals surface area contributed by atoms with Gasteiger partial charge in [-0.1, -0.05) is 0 Å². The van der Waals surface area contributed by atoms with E-state index in [1.165, 1.54) is 6.92 Å². The van der Waals surface area contributed by atoms with Crippen molar-refractivity contribution < 1.29 is 28.6 Å². The molecule has 0 aromatic carbocycles. The maximum absolute atomic E-state index is 11.9. The summed E-state index contributed by atoms with van der Waals surface area (Å²) in [5.41, 5.74) is 10.2. The zero-order chi connectivity index (χ0) is 20.3. The zero-order valence-electron chi connectivity index (χ0n) is 16.4. The van der Waals surface area contributed by atoms with Crippen molar-refractivity contribution in [3.63, 3.8) is 0 Å². The smallest absolute Gasteiger partial charge is 0.407 e. The van der Waals surface area contributed by atoms with Crippen LogP contribution in [0.25, 0.3) is 0 Å². The minimum atomic E-state index is -0.704. The van der Waals surface area contributed by atoms with Crippen LogP contribution in [0.2, 0.25) is 0 Å². The second kappa shape index (κ2) is 11.7. The van der Waals surface area contributed by atoms with E-state index in [0.717, 1.165) is 0 Å². The Morgan fingerprint density at radius 1 is 0.923 bits per heavy atom. The lowest BCUT2D eigenvalue weighted by molar-refractivity contribution is -0.146. The maximum Gasteiger partial charge on any atom is 0.407 e. The lowest BCUT2D eigenvalue weighted by Crippen LogP contribution is -2.40. The van der Waals surface area contributed by atoms with Gasteiger partial charge < -0.3 is 31.0 Å². The summed E-state index contributed by atoms with van der Waals surface area (Å²) in [7, 11) is 0. The number of esters is 2. The van der Waals surface area contributed by atoms with Crippen molar-refractivity contribution in [3.05, 3.63) is 0 Å². The summed E-state index contributed by atoms with van der Waals surface area (Å²) in [5, 5.41) is 2.74. The van der Waals surface area contributed by atoms with Crippen LogP contribution in [0.15, 0.2) is 0 Å². The first kappa shape index (κ1) is 24.1. The number of hydrogen-bond donors (Lipinski definition) is 3. The summed E-state index contributed by atoms with van der Waals surface area (Å²) in [6.07, 6.45) is 0.855. The Kier molecular flexibility index (Phi) is 10.8. The monoisotopic (exact) mass is 375 g/mol. The van der Waals surface area contributed by atoms with Gasteiger partial charge in [-0.05, 0) is 47.5 Å². The molecule has 0 radical (unpaired) electrons. The molecule has 1 unspecified atom stereocenters. The van der Waals surface area contributed by atoms with Crippen molar-refractivity contribution in [3.8, 4) is 0 Å². The molecular formula is C17H33N3O6. The minimum absolute atomic E-state index is 0.112. The van der Waals surface area contributed by atoms with Crippen molar-refractivity contribution in [1.29, 1.82) is 0 Å². The Balaban J connectivity index is 4.45. The molecule has 0 heterocycles. The molecule has 0 aliphatic rings. The number of nitrogens with one attached hydrogen (secondary N) is 1. The maximum atomic E-state index is 11.9. The molecule has 1 amide bonds. The Bertz CT molecular complexity index is 460. The number of carbonyl (C=O) groups is 3. The van der Waals surface area contributed by atoms with Gasteiger partial charge in [-0.2, -0.15) is 0 Å². The van der Waals surface area contributed by atoms with Gasteiger partial charge in [0.05, 0.1) is 13.2 Å². The van der Waals surface area contributed by atoms with Crippen molar-refractivity contribution in [2.75, 3.05) is 13.2 Å². The minimum Gasteiger partial charge on any atom is -0.465 e. The molecule has 9 heteroatoms. The third-order valence-electron chi connectivity index (χ3n) is 3.12. The first-order valence-electron chi connectivity index (χ1n) is 8.76. The van der Waals surface area contributed by atoms with Gasteiger partial charge in [-0.15, -0.1) is 0 Å². The average Bonchev–Trinajstić information content (AvgIpc) is 2.48. The van der Waals surface area contributed by atoms with Crippen LogP contribution in [0, 0.1) is 0 Å². The van der Waals surface area contributed by atoms with Gasteiger partial charge >= 0.3 is 18.0 Å². The topological polar surface area (TPSA) is 143 Å². The normalized spacial score (nSPS) is 14.7. The summed E-state index contributed by atoms with van der Waals surface area (Å²) in [6.45, 7) is 8.67. The fourth-order valence-electron chi connectivity index (χ4n) is 1.83. The highest BCUT2D eigenvalue weighted by Crippen LogP contribution is 2.09. The lowest BCUT2D eigenvalue weighted by Gasteiger charge is -2.24. The van der Waals surface area contributed by atoms with Crippen LogP contribution >= 0.6 is 0 Å². The van der Waals surface area contributed by atoms with E-state index in [2.05, 4.69) is 5.32 Å². The molecule has 152 valence electrons. The van der Waals surface area contributed by atoms with Crippen molar-refractivity contribution >= 4 is 18.0 Å². The molecule has 0 rings (SSSR count). The highest BCUT2D eigenvalue weighted by molar-refractivity contribution is 5.75. The highest BCUT2D eigenvalue weighted by Gasteiger charge is 2.20. The van der Waals surface area contributed by atoms with Crippen molar-refractivity contribution in [2.45, 2.75) is 77.6 Å². The van der Waals surface area contributed by atoms with Gasteiger partial charge in [0.2, 0.25) is 0 Å². The molecule has 0 bridgehead atoms. The highest BCUT2D eigenvalue weighted by atomic mass is 16.6. The third kappa shape index (κ3) is 12.5. The Morgan fingerprint density at radius 2 is 1.42 bits per heavy atom. The number of nitrogens with two attached hydrogens (primary N) is 2. The molecule has 0 aromatic heterocycles. The van der Waals surface area contributed by atoms with Gasteiger partial charge in [0.15, 0.2) is 0 Å². The van der Waals surface area contributed by atoms with E-state index in [1.54, 1.807) is 27.7 Å². The second-order valence-electron chi connectivity index (χ2n) is 7.19. The van der Waals surface area contributed by atoms with Crippen molar-refractivity contribution in [2.24, 2.45) is 11.5 Å². The number of alkyl carbamates (subject to hydrolysis) is 1. The number of ether oxygens (including phenoxy) is 3. The van der Waals surface area contributed by atoms with E-state index in [-0.39, 0.29) is 19.3 Å². The Morgan fingerprint density at radius 3 is 1.88 bits per heavy atom. The van der Waals surface area contributed by atoms with Gasteiger partial charge in [-0.3, -0.25) is 9.59 Å².